The predicted molar refractivity (Wildman–Crippen MR) is 82.8 cm³/mol. The monoisotopic (exact) mass is 281 g/mol. The Balaban J connectivity index is 1.76. The van der Waals surface area contributed by atoms with Crippen molar-refractivity contribution in [3.05, 3.63) is 0 Å². The first-order chi connectivity index (χ1) is 9.79. The lowest BCUT2D eigenvalue weighted by atomic mass is 10.0. The number of likely N-dealkylation sites (tertiary alicyclic amines) is 1. The van der Waals surface area contributed by atoms with Crippen molar-refractivity contribution >= 4 is 5.91 Å². The first kappa shape index (κ1) is 15.8. The maximum Gasteiger partial charge on any atom is 0.234 e. The second kappa shape index (κ2) is 8.63. The Kier molecular flexibility index (Phi) is 6.80. The molecule has 1 saturated heterocycles. The molecular weight excluding hydrogens is 250 g/mol. The van der Waals surface area contributed by atoms with Crippen LogP contribution in [-0.2, 0) is 4.79 Å². The van der Waals surface area contributed by atoms with Gasteiger partial charge in [0, 0.05) is 18.6 Å². The molecule has 2 N–H and O–H groups in total. The fourth-order valence-electron chi connectivity index (χ4n) is 3.62. The van der Waals surface area contributed by atoms with Crippen LogP contribution < -0.4 is 10.6 Å². The molecule has 1 aliphatic heterocycles. The van der Waals surface area contributed by atoms with Gasteiger partial charge in [0.2, 0.25) is 5.91 Å². The Morgan fingerprint density at radius 1 is 1.05 bits per heavy atom. The van der Waals surface area contributed by atoms with Gasteiger partial charge < -0.3 is 10.6 Å². The van der Waals surface area contributed by atoms with E-state index in [4.69, 9.17) is 0 Å². The third kappa shape index (κ3) is 5.06. The minimum atomic E-state index is 0.236. The molecular formula is C16H31N3O. The zero-order valence-electron chi connectivity index (χ0n) is 13.0. The maximum absolute atomic E-state index is 12.3. The van der Waals surface area contributed by atoms with Gasteiger partial charge in [-0.15, -0.1) is 0 Å². The molecule has 2 rings (SSSR count). The Morgan fingerprint density at radius 3 is 2.45 bits per heavy atom. The summed E-state index contributed by atoms with van der Waals surface area (Å²) in [5.74, 6) is 0.236. The summed E-state index contributed by atoms with van der Waals surface area (Å²) in [6.45, 7) is 2.66. The summed E-state index contributed by atoms with van der Waals surface area (Å²) in [6, 6.07) is 0.964. The Morgan fingerprint density at radius 2 is 1.75 bits per heavy atom. The van der Waals surface area contributed by atoms with Crippen LogP contribution in [0.15, 0.2) is 0 Å². The third-order valence-electron chi connectivity index (χ3n) is 4.76. The lowest BCUT2D eigenvalue weighted by Crippen LogP contribution is -2.50. The Hall–Kier alpha value is -0.610. The summed E-state index contributed by atoms with van der Waals surface area (Å²) in [5, 5.41) is 6.52. The van der Waals surface area contributed by atoms with Crippen molar-refractivity contribution < 1.29 is 4.79 Å². The van der Waals surface area contributed by atoms with Crippen LogP contribution in [0, 0.1) is 0 Å². The molecule has 20 heavy (non-hydrogen) atoms. The molecule has 2 aliphatic rings. The summed E-state index contributed by atoms with van der Waals surface area (Å²) in [4.78, 5) is 14.6. The van der Waals surface area contributed by atoms with E-state index >= 15 is 0 Å². The largest absolute Gasteiger partial charge is 0.352 e. The van der Waals surface area contributed by atoms with Crippen LogP contribution in [0.4, 0.5) is 0 Å². The lowest BCUT2D eigenvalue weighted by molar-refractivity contribution is -0.123. The van der Waals surface area contributed by atoms with Crippen molar-refractivity contribution in [2.45, 2.75) is 69.9 Å². The second-order valence-corrected chi connectivity index (χ2v) is 6.43. The van der Waals surface area contributed by atoms with Gasteiger partial charge in [-0.25, -0.2) is 0 Å². The van der Waals surface area contributed by atoms with Crippen LogP contribution in [0.1, 0.15) is 57.8 Å². The van der Waals surface area contributed by atoms with E-state index in [1.54, 1.807) is 0 Å². The Bertz CT molecular complexity index is 285. The van der Waals surface area contributed by atoms with E-state index in [9.17, 15) is 4.79 Å². The van der Waals surface area contributed by atoms with Gasteiger partial charge in [0.05, 0.1) is 6.54 Å². The molecule has 1 heterocycles. The van der Waals surface area contributed by atoms with Crippen molar-refractivity contribution in [1.29, 1.82) is 0 Å². The molecule has 2 fully saturated rings. The number of rotatable bonds is 5. The molecule has 1 saturated carbocycles. The number of nitrogens with one attached hydrogen (secondary N) is 2. The first-order valence-electron chi connectivity index (χ1n) is 8.47. The summed E-state index contributed by atoms with van der Waals surface area (Å²) in [5.41, 5.74) is 0. The molecule has 0 aromatic carbocycles. The smallest absolute Gasteiger partial charge is 0.234 e. The van der Waals surface area contributed by atoms with E-state index in [1.807, 2.05) is 7.05 Å². The van der Waals surface area contributed by atoms with E-state index < -0.39 is 0 Å². The van der Waals surface area contributed by atoms with Crippen molar-refractivity contribution in [1.82, 2.24) is 15.5 Å². The highest BCUT2D eigenvalue weighted by atomic mass is 16.2. The lowest BCUT2D eigenvalue weighted by Gasteiger charge is -2.35. The molecule has 1 aliphatic carbocycles. The van der Waals surface area contributed by atoms with E-state index in [0.29, 0.717) is 18.6 Å². The molecule has 116 valence electrons. The first-order valence-corrected chi connectivity index (χ1v) is 8.47. The number of carbonyl (C=O) groups excluding carboxylic acids is 1. The van der Waals surface area contributed by atoms with Gasteiger partial charge >= 0.3 is 0 Å². The fraction of sp³-hybridized carbons (Fsp3) is 0.938. The van der Waals surface area contributed by atoms with Crippen LogP contribution in [0.25, 0.3) is 0 Å². The Labute approximate surface area is 123 Å². The predicted octanol–water partition coefficient (Wildman–Crippen LogP) is 1.90. The van der Waals surface area contributed by atoms with Gasteiger partial charge in [-0.2, -0.15) is 0 Å². The summed E-state index contributed by atoms with van der Waals surface area (Å²) in [6.07, 6.45) is 11.3. The number of nitrogens with zero attached hydrogens (tertiary/aromatic N) is 1. The van der Waals surface area contributed by atoms with Crippen LogP contribution >= 0.6 is 0 Å². The molecule has 0 spiro atoms. The molecule has 0 aromatic rings. The summed E-state index contributed by atoms with van der Waals surface area (Å²) in [7, 11) is 2.00. The quantitative estimate of drug-likeness (QED) is 0.757. The number of carbonyl (C=O) groups is 1. The van der Waals surface area contributed by atoms with E-state index in [2.05, 4.69) is 15.5 Å². The van der Waals surface area contributed by atoms with Crippen LogP contribution in [0.2, 0.25) is 0 Å². The normalized spacial score (nSPS) is 26.1. The molecule has 0 radical (unpaired) electrons. The van der Waals surface area contributed by atoms with Crippen molar-refractivity contribution in [3.63, 3.8) is 0 Å². The molecule has 0 aromatic heterocycles. The highest BCUT2D eigenvalue weighted by molar-refractivity contribution is 5.78. The van der Waals surface area contributed by atoms with Gasteiger partial charge in [-0.3, -0.25) is 9.69 Å². The number of hydrogen-bond acceptors (Lipinski definition) is 3. The van der Waals surface area contributed by atoms with Gasteiger partial charge in [-0.1, -0.05) is 32.1 Å². The topological polar surface area (TPSA) is 44.4 Å². The fourth-order valence-corrected chi connectivity index (χ4v) is 3.62. The SMILES string of the molecule is CNCC1CCCCN1CC(=O)NC1CCCCCC1. The minimum Gasteiger partial charge on any atom is -0.352 e. The molecule has 1 amide bonds. The van der Waals surface area contributed by atoms with Gasteiger partial charge in [0.25, 0.3) is 0 Å². The minimum absolute atomic E-state index is 0.236. The zero-order chi connectivity index (χ0) is 14.2. The summed E-state index contributed by atoms with van der Waals surface area (Å²) >= 11 is 0. The third-order valence-corrected chi connectivity index (χ3v) is 4.76. The summed E-state index contributed by atoms with van der Waals surface area (Å²) < 4.78 is 0. The van der Waals surface area contributed by atoms with Gasteiger partial charge in [-0.05, 0) is 39.3 Å². The van der Waals surface area contributed by atoms with E-state index in [1.165, 1.54) is 57.8 Å². The zero-order valence-corrected chi connectivity index (χ0v) is 13.0. The number of piperidine rings is 1. The van der Waals surface area contributed by atoms with Crippen LogP contribution in [0.5, 0.6) is 0 Å². The van der Waals surface area contributed by atoms with E-state index in [0.717, 1.165) is 13.1 Å². The molecule has 4 heteroatoms. The highest BCUT2D eigenvalue weighted by Crippen LogP contribution is 2.18. The highest BCUT2D eigenvalue weighted by Gasteiger charge is 2.24. The average Bonchev–Trinajstić information content (AvgIpc) is 2.70. The van der Waals surface area contributed by atoms with Crippen molar-refractivity contribution in [2.75, 3.05) is 26.7 Å². The number of likely N-dealkylation sites (N-methyl/N-ethyl adjacent to an activating group) is 1. The van der Waals surface area contributed by atoms with Crippen molar-refractivity contribution in [3.8, 4) is 0 Å². The van der Waals surface area contributed by atoms with Crippen molar-refractivity contribution in [2.24, 2.45) is 0 Å². The molecule has 4 nitrogen and oxygen atoms in total. The second-order valence-electron chi connectivity index (χ2n) is 6.43. The molecule has 0 bridgehead atoms. The standard InChI is InChI=1S/C16H31N3O/c1-17-12-15-10-6-7-11-19(15)13-16(20)18-14-8-4-2-3-5-9-14/h14-15,17H,2-13H2,1H3,(H,18,20). The number of amides is 1. The number of hydrogen-bond donors (Lipinski definition) is 2. The maximum atomic E-state index is 12.3. The van der Waals surface area contributed by atoms with Crippen LogP contribution in [-0.4, -0.2) is 49.6 Å². The van der Waals surface area contributed by atoms with E-state index in [-0.39, 0.29) is 5.91 Å². The van der Waals surface area contributed by atoms with Gasteiger partial charge in [0.15, 0.2) is 0 Å². The van der Waals surface area contributed by atoms with Gasteiger partial charge in [0.1, 0.15) is 0 Å². The molecule has 1 atom stereocenters. The average molecular weight is 281 g/mol. The molecule has 1 unspecified atom stereocenters. The van der Waals surface area contributed by atoms with Crippen LogP contribution in [0.3, 0.4) is 0 Å².